The van der Waals surface area contributed by atoms with Gasteiger partial charge in [0.15, 0.2) is 0 Å². The van der Waals surface area contributed by atoms with E-state index in [9.17, 15) is 13.0 Å². The second-order valence-corrected chi connectivity index (χ2v) is 8.61. The van der Waals surface area contributed by atoms with Gasteiger partial charge in [-0.05, 0) is 6.42 Å². The molecule has 0 aliphatic carbocycles. The quantitative estimate of drug-likeness (QED) is 0.119. The van der Waals surface area contributed by atoms with Crippen LogP contribution in [0.25, 0.3) is 0 Å². The molecule has 0 spiro atoms. The molecule has 0 aromatic heterocycles. The van der Waals surface area contributed by atoms with Gasteiger partial charge in [0.1, 0.15) is 0 Å². The first-order chi connectivity index (χ1) is 14.9. The molecule has 0 saturated heterocycles. The average Bonchev–Trinajstić information content (AvgIpc) is 2.75. The lowest BCUT2D eigenvalue weighted by molar-refractivity contribution is 0.255. The maximum atomic E-state index is 10.2. The van der Waals surface area contributed by atoms with E-state index in [0.29, 0.717) is 19.5 Å². The third-order valence-electron chi connectivity index (χ3n) is 4.48. The van der Waals surface area contributed by atoms with Gasteiger partial charge in [-0.1, -0.05) is 103 Å². The van der Waals surface area contributed by atoms with E-state index in [-0.39, 0.29) is 19.8 Å². The van der Waals surface area contributed by atoms with Gasteiger partial charge in [-0.25, -0.2) is 8.42 Å². The molecule has 0 aromatic carbocycles. The standard InChI is InChI=1S/C18H38O4S.2C2H7NO/c1-2-3-4-5-6-7-8-9-10-11-12-13-14-15-16-17-18-22-23(19,20)21;2*3-1-2-4/h2-18H2,1H3,(H,19,20,21);2*4H,1-3H2/p-1. The highest BCUT2D eigenvalue weighted by Gasteiger charge is 1.96. The van der Waals surface area contributed by atoms with Crippen molar-refractivity contribution < 1.29 is 27.4 Å². The maximum Gasteiger partial charge on any atom is 0.217 e. The van der Waals surface area contributed by atoms with E-state index in [1.165, 1.54) is 83.5 Å². The molecule has 0 rings (SSSR count). The summed E-state index contributed by atoms with van der Waals surface area (Å²) in [6, 6.07) is 0. The van der Waals surface area contributed by atoms with Gasteiger partial charge in [0.05, 0.1) is 19.8 Å². The van der Waals surface area contributed by atoms with Crippen molar-refractivity contribution in [1.29, 1.82) is 0 Å². The third-order valence-corrected chi connectivity index (χ3v) is 4.94. The number of hydrogen-bond donors (Lipinski definition) is 4. The van der Waals surface area contributed by atoms with Crippen LogP contribution in [0.15, 0.2) is 0 Å². The Morgan fingerprint density at radius 3 is 1.13 bits per heavy atom. The average molecular weight is 472 g/mol. The molecule has 0 radical (unpaired) electrons. The summed E-state index contributed by atoms with van der Waals surface area (Å²) >= 11 is 0. The summed E-state index contributed by atoms with van der Waals surface area (Å²) in [6.07, 6.45) is 20.3. The first-order valence-electron chi connectivity index (χ1n) is 12.1. The molecule has 0 bridgehead atoms. The normalized spacial score (nSPS) is 10.8. The zero-order valence-corrected chi connectivity index (χ0v) is 20.8. The maximum absolute atomic E-state index is 10.2. The Morgan fingerprint density at radius 1 is 0.645 bits per heavy atom. The highest BCUT2D eigenvalue weighted by atomic mass is 32.3. The molecule has 192 valence electrons. The molecule has 31 heavy (non-hydrogen) atoms. The van der Waals surface area contributed by atoms with Crippen LogP contribution in [0, 0.1) is 0 Å². The van der Waals surface area contributed by atoms with Crippen LogP contribution in [0.2, 0.25) is 0 Å². The predicted octanol–water partition coefficient (Wildman–Crippen LogP) is 3.60. The molecular formula is C22H51N2O6S-. The zero-order chi connectivity index (χ0) is 24.1. The Morgan fingerprint density at radius 2 is 0.903 bits per heavy atom. The second-order valence-electron chi connectivity index (χ2n) is 7.56. The number of hydrogen-bond acceptors (Lipinski definition) is 8. The van der Waals surface area contributed by atoms with E-state index in [2.05, 4.69) is 11.1 Å². The molecule has 0 saturated carbocycles. The summed E-state index contributed by atoms with van der Waals surface area (Å²) < 4.78 is 34.8. The van der Waals surface area contributed by atoms with Crippen molar-refractivity contribution >= 4 is 10.4 Å². The number of unbranched alkanes of at least 4 members (excludes halogenated alkanes) is 15. The molecule has 8 nitrogen and oxygen atoms in total. The largest absolute Gasteiger partial charge is 0.726 e. The number of rotatable bonds is 20. The lowest BCUT2D eigenvalue weighted by Crippen LogP contribution is -2.05. The van der Waals surface area contributed by atoms with Crippen LogP contribution in [0.4, 0.5) is 0 Å². The van der Waals surface area contributed by atoms with Crippen molar-refractivity contribution in [3.63, 3.8) is 0 Å². The zero-order valence-electron chi connectivity index (χ0n) is 19.9. The highest BCUT2D eigenvalue weighted by Crippen LogP contribution is 2.13. The fourth-order valence-electron chi connectivity index (χ4n) is 2.81. The van der Waals surface area contributed by atoms with E-state index in [0.717, 1.165) is 12.8 Å². The van der Waals surface area contributed by atoms with Gasteiger partial charge >= 0.3 is 0 Å². The molecule has 0 amide bonds. The number of nitrogens with two attached hydrogens (primary N) is 2. The summed E-state index contributed by atoms with van der Waals surface area (Å²) in [6.45, 7) is 3.24. The van der Waals surface area contributed by atoms with Crippen LogP contribution in [-0.2, 0) is 14.6 Å². The fraction of sp³-hybridized carbons (Fsp3) is 1.00. The van der Waals surface area contributed by atoms with Crippen molar-refractivity contribution in [2.24, 2.45) is 11.5 Å². The third kappa shape index (κ3) is 48.4. The molecule has 9 heteroatoms. The lowest BCUT2D eigenvalue weighted by Gasteiger charge is -2.07. The van der Waals surface area contributed by atoms with E-state index in [1.807, 2.05) is 0 Å². The first-order valence-corrected chi connectivity index (χ1v) is 13.4. The minimum atomic E-state index is -4.49. The van der Waals surface area contributed by atoms with Gasteiger partial charge in [0, 0.05) is 13.1 Å². The summed E-state index contributed by atoms with van der Waals surface area (Å²) in [5.41, 5.74) is 9.56. The Kier molecular flexibility index (Phi) is 36.3. The van der Waals surface area contributed by atoms with Crippen molar-refractivity contribution in [3.05, 3.63) is 0 Å². The summed E-state index contributed by atoms with van der Waals surface area (Å²) in [7, 11) is -4.49. The number of aliphatic hydroxyl groups excluding tert-OH is 2. The minimum Gasteiger partial charge on any atom is -0.726 e. The summed E-state index contributed by atoms with van der Waals surface area (Å²) in [5, 5.41) is 15.5. The Bertz CT molecular complexity index is 389. The summed E-state index contributed by atoms with van der Waals surface area (Å²) in [4.78, 5) is 0. The van der Waals surface area contributed by atoms with Gasteiger partial charge in [-0.15, -0.1) is 0 Å². The van der Waals surface area contributed by atoms with Gasteiger partial charge in [0.2, 0.25) is 10.4 Å². The summed E-state index contributed by atoms with van der Waals surface area (Å²) in [5.74, 6) is 0. The van der Waals surface area contributed by atoms with Crippen molar-refractivity contribution in [2.45, 2.75) is 110 Å². The van der Waals surface area contributed by atoms with Crippen LogP contribution < -0.4 is 11.5 Å². The molecule has 0 aliphatic heterocycles. The number of aliphatic hydroxyl groups is 2. The van der Waals surface area contributed by atoms with Crippen LogP contribution in [-0.4, -0.2) is 56.1 Å². The van der Waals surface area contributed by atoms with E-state index < -0.39 is 10.4 Å². The van der Waals surface area contributed by atoms with Gasteiger partial charge in [0.25, 0.3) is 0 Å². The monoisotopic (exact) mass is 471 g/mol. The smallest absolute Gasteiger partial charge is 0.217 e. The van der Waals surface area contributed by atoms with E-state index in [1.54, 1.807) is 0 Å². The van der Waals surface area contributed by atoms with Crippen LogP contribution in [0.1, 0.15) is 110 Å². The van der Waals surface area contributed by atoms with E-state index in [4.69, 9.17) is 21.7 Å². The molecular weight excluding hydrogens is 420 g/mol. The molecule has 0 aromatic rings. The molecule has 0 unspecified atom stereocenters. The molecule has 6 N–H and O–H groups in total. The highest BCUT2D eigenvalue weighted by molar-refractivity contribution is 7.80. The molecule has 0 aliphatic rings. The van der Waals surface area contributed by atoms with Crippen LogP contribution in [0.3, 0.4) is 0 Å². The fourth-order valence-corrected chi connectivity index (χ4v) is 3.13. The first kappa shape index (κ1) is 35.3. The van der Waals surface area contributed by atoms with Gasteiger partial charge < -0.3 is 26.2 Å². The van der Waals surface area contributed by atoms with Crippen LogP contribution in [0.5, 0.6) is 0 Å². The molecule has 0 fully saturated rings. The lowest BCUT2D eigenvalue weighted by atomic mass is 10.0. The van der Waals surface area contributed by atoms with Crippen molar-refractivity contribution in [1.82, 2.24) is 0 Å². The van der Waals surface area contributed by atoms with Crippen molar-refractivity contribution in [2.75, 3.05) is 32.9 Å². The predicted molar refractivity (Wildman–Crippen MR) is 127 cm³/mol. The molecule has 0 heterocycles. The van der Waals surface area contributed by atoms with Crippen molar-refractivity contribution in [3.8, 4) is 0 Å². The van der Waals surface area contributed by atoms with E-state index >= 15 is 0 Å². The topological polar surface area (TPSA) is 159 Å². The Hall–Kier alpha value is -0.290. The second kappa shape index (κ2) is 31.9. The van der Waals surface area contributed by atoms with Gasteiger partial charge in [-0.2, -0.15) is 0 Å². The van der Waals surface area contributed by atoms with Crippen LogP contribution >= 0.6 is 0 Å². The van der Waals surface area contributed by atoms with Gasteiger partial charge in [-0.3, -0.25) is 4.18 Å². The SMILES string of the molecule is CCCCCCCCCCCCCCCCCCOS(=O)(=O)[O-].NCCO.NCCO. The minimum absolute atomic E-state index is 0.0320. The Labute approximate surface area is 192 Å². The molecule has 0 atom stereocenters. The Balaban J connectivity index is -0.000000832.